The van der Waals surface area contributed by atoms with E-state index in [0.717, 1.165) is 33.2 Å². The number of benzene rings is 1. The van der Waals surface area contributed by atoms with E-state index in [2.05, 4.69) is 15.6 Å². The molecule has 1 aliphatic rings. The molecule has 0 saturated carbocycles. The molecular formula is C22H22N4O3S. The molecule has 0 spiro atoms. The fraction of sp³-hybridized carbons (Fsp3) is 0.318. The van der Waals surface area contributed by atoms with Crippen molar-refractivity contribution in [3.8, 4) is 11.3 Å². The Morgan fingerprint density at radius 2 is 1.97 bits per heavy atom. The summed E-state index contributed by atoms with van der Waals surface area (Å²) in [5.74, 6) is 0. The second-order valence-electron chi connectivity index (χ2n) is 7.76. The lowest BCUT2D eigenvalue weighted by molar-refractivity contribution is 0.0476. The summed E-state index contributed by atoms with van der Waals surface area (Å²) < 4.78 is 11.0. The van der Waals surface area contributed by atoms with Gasteiger partial charge in [0.15, 0.2) is 6.10 Å². The van der Waals surface area contributed by atoms with Crippen molar-refractivity contribution in [1.82, 2.24) is 18.7 Å². The van der Waals surface area contributed by atoms with Crippen molar-refractivity contribution in [2.75, 3.05) is 6.61 Å². The Bertz CT molecular complexity index is 1420. The number of aromatic nitrogens is 4. The molecule has 0 fully saturated rings. The maximum atomic E-state index is 13.3. The molecule has 0 radical (unpaired) electrons. The summed E-state index contributed by atoms with van der Waals surface area (Å²) in [7, 11) is 3.24. The Balaban J connectivity index is 1.97. The van der Waals surface area contributed by atoms with Gasteiger partial charge in [-0.05, 0) is 25.5 Å². The van der Waals surface area contributed by atoms with Crippen LogP contribution in [0.3, 0.4) is 0 Å². The van der Waals surface area contributed by atoms with E-state index in [1.54, 1.807) is 11.6 Å². The quantitative estimate of drug-likeness (QED) is 0.498. The molecule has 1 atom stereocenters. The van der Waals surface area contributed by atoms with Crippen molar-refractivity contribution in [2.45, 2.75) is 26.5 Å². The van der Waals surface area contributed by atoms with Crippen LogP contribution in [0.5, 0.6) is 0 Å². The lowest BCUT2D eigenvalue weighted by Gasteiger charge is -2.26. The van der Waals surface area contributed by atoms with Gasteiger partial charge in [-0.3, -0.25) is 13.9 Å². The van der Waals surface area contributed by atoms with E-state index in [4.69, 9.17) is 4.74 Å². The number of hydrogen-bond acceptors (Lipinski definition) is 5. The summed E-state index contributed by atoms with van der Waals surface area (Å²) in [5.41, 5.74) is 4.63. The van der Waals surface area contributed by atoms with E-state index in [-0.39, 0.29) is 11.2 Å². The highest BCUT2D eigenvalue weighted by atomic mass is 32.1. The van der Waals surface area contributed by atoms with Crippen molar-refractivity contribution < 1.29 is 4.74 Å². The zero-order valence-electron chi connectivity index (χ0n) is 17.3. The number of ether oxygens (including phenoxy) is 1. The van der Waals surface area contributed by atoms with Gasteiger partial charge in [0.2, 0.25) is 0 Å². The van der Waals surface area contributed by atoms with Crippen LogP contribution in [0.4, 0.5) is 0 Å². The first-order chi connectivity index (χ1) is 14.4. The molecule has 3 aromatic heterocycles. The topological polar surface area (TPSA) is 71.0 Å². The fourth-order valence-electron chi connectivity index (χ4n) is 4.35. The van der Waals surface area contributed by atoms with Crippen LogP contribution in [0.15, 0.2) is 39.2 Å². The summed E-state index contributed by atoms with van der Waals surface area (Å²) in [4.78, 5) is 30.8. The maximum Gasteiger partial charge on any atom is 0.331 e. The highest BCUT2D eigenvalue weighted by molar-refractivity contribution is 7.09. The van der Waals surface area contributed by atoms with Gasteiger partial charge in [-0.15, -0.1) is 11.3 Å². The van der Waals surface area contributed by atoms with Crippen LogP contribution in [0.25, 0.3) is 22.2 Å². The van der Waals surface area contributed by atoms with Gasteiger partial charge in [0.1, 0.15) is 5.01 Å². The number of nitrogens with zero attached hydrogens (tertiary/aromatic N) is 4. The highest BCUT2D eigenvalue weighted by Gasteiger charge is 2.34. The van der Waals surface area contributed by atoms with E-state index >= 15 is 0 Å². The molecule has 0 amide bonds. The van der Waals surface area contributed by atoms with Crippen molar-refractivity contribution >= 4 is 22.2 Å². The Morgan fingerprint density at radius 3 is 2.67 bits per heavy atom. The molecule has 8 heteroatoms. The first-order valence-electron chi connectivity index (χ1n) is 9.81. The van der Waals surface area contributed by atoms with Gasteiger partial charge in [0.05, 0.1) is 28.9 Å². The lowest BCUT2D eigenvalue weighted by Crippen LogP contribution is -2.37. The predicted molar refractivity (Wildman–Crippen MR) is 117 cm³/mol. The molecule has 7 nitrogen and oxygen atoms in total. The van der Waals surface area contributed by atoms with Crippen molar-refractivity contribution in [3.63, 3.8) is 0 Å². The Labute approximate surface area is 176 Å². The van der Waals surface area contributed by atoms with Crippen LogP contribution in [0, 0.1) is 13.8 Å². The summed E-state index contributed by atoms with van der Waals surface area (Å²) in [6.45, 7) is 5.09. The maximum absolute atomic E-state index is 13.3. The molecule has 0 N–H and O–H groups in total. The second kappa shape index (κ2) is 6.78. The van der Waals surface area contributed by atoms with Gasteiger partial charge in [0.25, 0.3) is 5.56 Å². The van der Waals surface area contributed by atoms with Crippen LogP contribution < -0.4 is 11.2 Å². The Hall–Kier alpha value is -2.97. The summed E-state index contributed by atoms with van der Waals surface area (Å²) in [6.07, 6.45) is -0.420. The summed E-state index contributed by atoms with van der Waals surface area (Å²) in [5, 5.41) is 3.36. The smallest absolute Gasteiger partial charge is 0.331 e. The van der Waals surface area contributed by atoms with Gasteiger partial charge in [0, 0.05) is 31.7 Å². The third-order valence-corrected chi connectivity index (χ3v) is 6.71. The van der Waals surface area contributed by atoms with Crippen LogP contribution >= 0.6 is 11.3 Å². The average molecular weight is 423 g/mol. The third kappa shape index (κ3) is 2.64. The van der Waals surface area contributed by atoms with Crippen LogP contribution in [0.1, 0.15) is 28.1 Å². The van der Waals surface area contributed by atoms with E-state index in [1.165, 1.54) is 23.0 Å². The van der Waals surface area contributed by atoms with Gasteiger partial charge in [-0.1, -0.05) is 23.8 Å². The van der Waals surface area contributed by atoms with Crippen molar-refractivity contribution in [1.29, 1.82) is 0 Å². The molecule has 30 heavy (non-hydrogen) atoms. The molecule has 4 aromatic rings. The Morgan fingerprint density at radius 1 is 1.17 bits per heavy atom. The molecule has 5 rings (SSSR count). The van der Waals surface area contributed by atoms with Crippen LogP contribution in [0.2, 0.25) is 0 Å². The molecule has 0 bridgehead atoms. The van der Waals surface area contributed by atoms with E-state index in [1.807, 2.05) is 37.4 Å². The number of hydrogen-bond donors (Lipinski definition) is 0. The van der Waals surface area contributed by atoms with Gasteiger partial charge >= 0.3 is 5.69 Å². The summed E-state index contributed by atoms with van der Waals surface area (Å²) in [6, 6.07) is 8.11. The Kier molecular flexibility index (Phi) is 4.30. The minimum Gasteiger partial charge on any atom is -0.363 e. The van der Waals surface area contributed by atoms with E-state index in [9.17, 15) is 9.59 Å². The number of rotatable bonds is 2. The fourth-order valence-corrected chi connectivity index (χ4v) is 5.20. The highest BCUT2D eigenvalue weighted by Crippen LogP contribution is 2.41. The van der Waals surface area contributed by atoms with Crippen LogP contribution in [-0.4, -0.2) is 25.3 Å². The van der Waals surface area contributed by atoms with Crippen LogP contribution in [-0.2, 0) is 25.4 Å². The molecule has 4 heterocycles. The SMILES string of the molecule is Cc1cccc(-c2c3c(=O)n(C)c(=O)n(C)c3c3n2CCOC3c2nc(C)cs2)c1. The van der Waals surface area contributed by atoms with Gasteiger partial charge < -0.3 is 9.30 Å². The third-order valence-electron chi connectivity index (χ3n) is 5.71. The minimum absolute atomic E-state index is 0.291. The molecule has 1 aliphatic heterocycles. The molecular weight excluding hydrogens is 400 g/mol. The van der Waals surface area contributed by atoms with E-state index in [0.29, 0.717) is 24.1 Å². The number of aryl methyl sites for hydroxylation is 3. The second-order valence-corrected chi connectivity index (χ2v) is 8.65. The molecule has 154 valence electrons. The standard InChI is InChI=1S/C22H22N4O3S/c1-12-6-5-7-14(10-12)16-15-17(24(3)22(28)25(4)21(15)27)18-19(29-9-8-26(16)18)20-23-13(2)11-30-20/h5-7,10-11,19H,8-9H2,1-4H3. The lowest BCUT2D eigenvalue weighted by atomic mass is 10.1. The normalized spacial score (nSPS) is 16.2. The largest absolute Gasteiger partial charge is 0.363 e. The first-order valence-corrected chi connectivity index (χ1v) is 10.7. The molecule has 0 saturated heterocycles. The van der Waals surface area contributed by atoms with Crippen molar-refractivity contribution in [2.24, 2.45) is 14.1 Å². The first kappa shape index (κ1) is 19.0. The zero-order chi connectivity index (χ0) is 21.2. The minimum atomic E-state index is -0.420. The summed E-state index contributed by atoms with van der Waals surface area (Å²) >= 11 is 1.53. The van der Waals surface area contributed by atoms with Crippen molar-refractivity contribution in [3.05, 3.63) is 72.4 Å². The molecule has 1 unspecified atom stereocenters. The number of fused-ring (bicyclic) bond motifs is 3. The van der Waals surface area contributed by atoms with E-state index < -0.39 is 6.10 Å². The average Bonchev–Trinajstić information content (AvgIpc) is 3.32. The number of thiazole rings is 1. The monoisotopic (exact) mass is 422 g/mol. The molecule has 0 aliphatic carbocycles. The zero-order valence-corrected chi connectivity index (χ0v) is 18.1. The molecule has 1 aromatic carbocycles. The van der Waals surface area contributed by atoms with Gasteiger partial charge in [-0.25, -0.2) is 9.78 Å². The predicted octanol–water partition coefficient (Wildman–Crippen LogP) is 2.90. The van der Waals surface area contributed by atoms with Gasteiger partial charge in [-0.2, -0.15) is 0 Å².